The third-order valence-electron chi connectivity index (χ3n) is 3.87. The minimum atomic E-state index is 0.657. The van der Waals surface area contributed by atoms with Crippen LogP contribution in [0.4, 0.5) is 5.00 Å². The maximum Gasteiger partial charge on any atom is 0.148 e. The Hall–Kier alpha value is -0.800. The van der Waals surface area contributed by atoms with Crippen LogP contribution in [0, 0.1) is 0 Å². The highest BCUT2D eigenvalue weighted by atomic mass is 32.1. The lowest BCUT2D eigenvalue weighted by molar-refractivity contribution is 0.0183. The molecule has 0 aliphatic carbocycles. The third kappa shape index (κ3) is 3.03. The summed E-state index contributed by atoms with van der Waals surface area (Å²) in [5.74, 6) is 5.45. The molecular weight excluding hydrogens is 264 g/mol. The van der Waals surface area contributed by atoms with Gasteiger partial charge >= 0.3 is 0 Å². The number of likely N-dealkylation sites (tertiary alicyclic amines) is 1. The van der Waals surface area contributed by atoms with Crippen LogP contribution in [0.25, 0.3) is 0 Å². The molecule has 0 amide bonds. The van der Waals surface area contributed by atoms with Gasteiger partial charge in [-0.05, 0) is 6.42 Å². The third-order valence-corrected chi connectivity index (χ3v) is 4.57. The highest BCUT2D eigenvalue weighted by Crippen LogP contribution is 2.22. The molecule has 1 aromatic rings. The summed E-state index contributed by atoms with van der Waals surface area (Å²) in [7, 11) is 0. The number of anilines is 1. The Bertz CT molecular complexity index is 408. The number of nitrogen functional groups attached to an aromatic ring is 1. The zero-order chi connectivity index (χ0) is 13.1. The first kappa shape index (κ1) is 13.2. The van der Waals surface area contributed by atoms with Crippen molar-refractivity contribution in [2.45, 2.75) is 19.0 Å². The van der Waals surface area contributed by atoms with Gasteiger partial charge in [0.1, 0.15) is 10.7 Å². The average molecular weight is 284 g/mol. The lowest BCUT2D eigenvalue weighted by atomic mass is 10.2. The largest absolute Gasteiger partial charge is 0.379 e. The van der Waals surface area contributed by atoms with E-state index in [-0.39, 0.29) is 0 Å². The number of ether oxygens (including phenoxy) is 1. The fraction of sp³-hybridized carbons (Fsp3) is 0.818. The fourth-order valence-corrected chi connectivity index (χ4v) is 3.31. The van der Waals surface area contributed by atoms with Crippen LogP contribution in [-0.2, 0) is 11.3 Å². The second kappa shape index (κ2) is 6.10. The first-order valence-electron chi connectivity index (χ1n) is 6.69. The van der Waals surface area contributed by atoms with Gasteiger partial charge in [0.25, 0.3) is 0 Å². The summed E-state index contributed by atoms with van der Waals surface area (Å²) in [5, 5.41) is 5.01. The van der Waals surface area contributed by atoms with Crippen molar-refractivity contribution in [1.29, 1.82) is 0 Å². The lowest BCUT2D eigenvalue weighted by Gasteiger charge is -2.32. The Labute approximate surface area is 116 Å². The molecule has 2 fully saturated rings. The summed E-state index contributed by atoms with van der Waals surface area (Å²) in [6, 6.07) is 0.657. The van der Waals surface area contributed by atoms with E-state index < -0.39 is 0 Å². The molecule has 2 saturated heterocycles. The van der Waals surface area contributed by atoms with Gasteiger partial charge in [-0.2, -0.15) is 0 Å². The highest BCUT2D eigenvalue weighted by Gasteiger charge is 2.29. The number of hydrogen-bond acceptors (Lipinski definition) is 8. The van der Waals surface area contributed by atoms with E-state index in [4.69, 9.17) is 10.6 Å². The summed E-state index contributed by atoms with van der Waals surface area (Å²) >= 11 is 1.31. The van der Waals surface area contributed by atoms with E-state index in [9.17, 15) is 0 Å². The number of nitrogens with two attached hydrogens (primary N) is 1. The van der Waals surface area contributed by atoms with E-state index in [1.807, 2.05) is 0 Å². The smallest absolute Gasteiger partial charge is 0.148 e. The molecule has 0 saturated carbocycles. The molecule has 1 atom stereocenters. The quantitative estimate of drug-likeness (QED) is 0.582. The number of hydrazine groups is 1. The monoisotopic (exact) mass is 284 g/mol. The predicted molar refractivity (Wildman–Crippen MR) is 73.8 cm³/mol. The average Bonchev–Trinajstić information content (AvgIpc) is 3.09. The molecule has 8 heteroatoms. The van der Waals surface area contributed by atoms with Crippen molar-refractivity contribution in [1.82, 2.24) is 19.4 Å². The Kier molecular flexibility index (Phi) is 4.24. The molecule has 1 aromatic heterocycles. The molecular formula is C11H20N6OS. The van der Waals surface area contributed by atoms with E-state index in [2.05, 4.69) is 24.8 Å². The van der Waals surface area contributed by atoms with Crippen molar-refractivity contribution in [3.8, 4) is 0 Å². The molecule has 0 spiro atoms. The molecule has 1 unspecified atom stereocenters. The second-order valence-electron chi connectivity index (χ2n) is 5.02. The molecule has 7 nitrogen and oxygen atoms in total. The normalized spacial score (nSPS) is 25.8. The van der Waals surface area contributed by atoms with Crippen molar-refractivity contribution in [2.24, 2.45) is 5.84 Å². The molecule has 3 rings (SSSR count). The molecule has 2 aliphatic heterocycles. The topological polar surface area (TPSA) is 79.5 Å². The van der Waals surface area contributed by atoms with Crippen LogP contribution in [-0.4, -0.2) is 64.8 Å². The summed E-state index contributed by atoms with van der Waals surface area (Å²) in [6.07, 6.45) is 1.23. The van der Waals surface area contributed by atoms with Crippen molar-refractivity contribution in [3.63, 3.8) is 0 Å². The van der Waals surface area contributed by atoms with Gasteiger partial charge in [-0.15, -0.1) is 5.10 Å². The zero-order valence-corrected chi connectivity index (χ0v) is 11.7. The van der Waals surface area contributed by atoms with E-state index >= 15 is 0 Å². The molecule has 3 heterocycles. The number of rotatable bonds is 4. The summed E-state index contributed by atoms with van der Waals surface area (Å²) < 4.78 is 9.35. The number of aromatic nitrogens is 2. The summed E-state index contributed by atoms with van der Waals surface area (Å²) in [5.41, 5.74) is 3.62. The zero-order valence-electron chi connectivity index (χ0n) is 10.9. The standard InChI is InChI=1S/C11H20N6OS/c12-13-11-10(14-15-19-11)8-16-2-1-9(7-16)17-3-5-18-6-4-17/h9,13H,1-8,12H2. The SMILES string of the molecule is NNc1snnc1CN1CCC(N2CCOCC2)C1. The number of nitrogens with one attached hydrogen (secondary N) is 1. The molecule has 106 valence electrons. The van der Waals surface area contributed by atoms with Crippen LogP contribution in [0.15, 0.2) is 0 Å². The van der Waals surface area contributed by atoms with Crippen LogP contribution < -0.4 is 11.3 Å². The Morgan fingerprint density at radius 3 is 3.00 bits per heavy atom. The Morgan fingerprint density at radius 1 is 1.37 bits per heavy atom. The van der Waals surface area contributed by atoms with E-state index in [0.29, 0.717) is 6.04 Å². The van der Waals surface area contributed by atoms with E-state index in [1.165, 1.54) is 18.0 Å². The maximum atomic E-state index is 5.45. The predicted octanol–water partition coefficient (Wildman–Crippen LogP) is -0.270. The van der Waals surface area contributed by atoms with E-state index in [0.717, 1.165) is 56.6 Å². The van der Waals surface area contributed by atoms with Crippen molar-refractivity contribution >= 4 is 16.5 Å². The van der Waals surface area contributed by atoms with Gasteiger partial charge in [0.05, 0.1) is 13.2 Å². The van der Waals surface area contributed by atoms with Gasteiger partial charge in [-0.25, -0.2) is 5.84 Å². The van der Waals surface area contributed by atoms with Crippen LogP contribution in [0.2, 0.25) is 0 Å². The van der Waals surface area contributed by atoms with Gasteiger partial charge < -0.3 is 10.2 Å². The second-order valence-corrected chi connectivity index (χ2v) is 5.77. The Balaban J connectivity index is 1.54. The first-order valence-corrected chi connectivity index (χ1v) is 7.46. The number of morpholine rings is 1. The molecule has 2 aliphatic rings. The Morgan fingerprint density at radius 2 is 2.21 bits per heavy atom. The molecule has 0 bridgehead atoms. The fourth-order valence-electron chi connectivity index (χ4n) is 2.83. The van der Waals surface area contributed by atoms with Crippen molar-refractivity contribution in [2.75, 3.05) is 44.8 Å². The molecule has 19 heavy (non-hydrogen) atoms. The van der Waals surface area contributed by atoms with Crippen molar-refractivity contribution in [3.05, 3.63) is 5.69 Å². The minimum absolute atomic E-state index is 0.657. The summed E-state index contributed by atoms with van der Waals surface area (Å²) in [4.78, 5) is 4.97. The van der Waals surface area contributed by atoms with Crippen LogP contribution in [0.5, 0.6) is 0 Å². The van der Waals surface area contributed by atoms with Gasteiger partial charge in [0.2, 0.25) is 0 Å². The van der Waals surface area contributed by atoms with Gasteiger partial charge in [-0.3, -0.25) is 9.80 Å². The van der Waals surface area contributed by atoms with Gasteiger partial charge in [-0.1, -0.05) is 4.49 Å². The first-order chi connectivity index (χ1) is 9.36. The number of hydrogen-bond donors (Lipinski definition) is 2. The van der Waals surface area contributed by atoms with Crippen LogP contribution in [0.1, 0.15) is 12.1 Å². The van der Waals surface area contributed by atoms with Crippen LogP contribution >= 0.6 is 11.5 Å². The summed E-state index contributed by atoms with van der Waals surface area (Å²) in [6.45, 7) is 6.90. The lowest BCUT2D eigenvalue weighted by Crippen LogP contribution is -2.44. The number of nitrogens with zero attached hydrogens (tertiary/aromatic N) is 4. The molecule has 0 aromatic carbocycles. The highest BCUT2D eigenvalue weighted by molar-refractivity contribution is 7.10. The molecule has 3 N–H and O–H groups in total. The van der Waals surface area contributed by atoms with Crippen molar-refractivity contribution < 1.29 is 4.74 Å². The maximum absolute atomic E-state index is 5.45. The minimum Gasteiger partial charge on any atom is -0.379 e. The van der Waals surface area contributed by atoms with Crippen LogP contribution in [0.3, 0.4) is 0 Å². The molecule has 0 radical (unpaired) electrons. The van der Waals surface area contributed by atoms with Gasteiger partial charge in [0, 0.05) is 50.3 Å². The van der Waals surface area contributed by atoms with E-state index in [1.54, 1.807) is 0 Å². The van der Waals surface area contributed by atoms with Gasteiger partial charge in [0.15, 0.2) is 0 Å².